The van der Waals surface area contributed by atoms with Gasteiger partial charge in [-0.3, -0.25) is 9.10 Å². The van der Waals surface area contributed by atoms with E-state index in [0.29, 0.717) is 5.69 Å². The lowest BCUT2D eigenvalue weighted by atomic mass is 10.0. The van der Waals surface area contributed by atoms with Gasteiger partial charge in [0.25, 0.3) is 10.0 Å². The molecule has 3 aromatic carbocycles. The predicted octanol–water partition coefficient (Wildman–Crippen LogP) is 6.27. The normalized spacial score (nSPS) is 11.3. The Morgan fingerprint density at radius 3 is 2.20 bits per heavy atom. The summed E-state index contributed by atoms with van der Waals surface area (Å²) < 4.78 is 34.1. The summed E-state index contributed by atoms with van der Waals surface area (Å²) in [6.45, 7) is 5.31. The van der Waals surface area contributed by atoms with Crippen molar-refractivity contribution in [3.05, 3.63) is 81.3 Å². The molecule has 1 amide bonds. The maximum absolute atomic E-state index is 13.9. The summed E-state index contributed by atoms with van der Waals surface area (Å²) in [7, 11) is -2.83. The van der Waals surface area contributed by atoms with Crippen LogP contribution in [0.1, 0.15) is 30.5 Å². The number of carbonyl (C=O) groups excluding carboxylic acids is 1. The fraction of sp³-hybridized carbons (Fsp3) is 0.269. The van der Waals surface area contributed by atoms with Gasteiger partial charge < -0.3 is 10.1 Å². The van der Waals surface area contributed by atoms with Crippen molar-refractivity contribution in [2.45, 2.75) is 38.5 Å². The first-order valence-electron chi connectivity index (χ1n) is 11.1. The molecule has 35 heavy (non-hydrogen) atoms. The largest absolute Gasteiger partial charge is 0.495 e. The van der Waals surface area contributed by atoms with Crippen molar-refractivity contribution in [2.24, 2.45) is 0 Å². The van der Waals surface area contributed by atoms with Crippen LogP contribution in [0.5, 0.6) is 5.75 Å². The highest BCUT2D eigenvalue weighted by Gasteiger charge is 2.31. The molecule has 3 rings (SSSR count). The predicted molar refractivity (Wildman–Crippen MR) is 143 cm³/mol. The van der Waals surface area contributed by atoms with Gasteiger partial charge in [-0.1, -0.05) is 61.3 Å². The topological polar surface area (TPSA) is 75.7 Å². The Hall–Kier alpha value is -2.74. The standard InChI is InChI=1S/C26H28Cl2N2O4S/c1-5-18-8-7-9-19(6-2)26(18)29-25(31)16-30(20-11-12-21(27)22(28)15-20)35(32,33)24-14-17(3)10-13-23(24)34-4/h7-15H,5-6,16H2,1-4H3,(H,29,31). The summed E-state index contributed by atoms with van der Waals surface area (Å²) in [5.74, 6) is -0.312. The van der Waals surface area contributed by atoms with Crippen molar-refractivity contribution < 1.29 is 17.9 Å². The molecule has 0 aliphatic carbocycles. The molecule has 0 bridgehead atoms. The third-order valence-corrected chi connectivity index (χ3v) is 8.16. The molecule has 0 spiro atoms. The fourth-order valence-corrected chi connectivity index (χ4v) is 5.72. The number of ether oxygens (including phenoxy) is 1. The van der Waals surface area contributed by atoms with E-state index in [4.69, 9.17) is 27.9 Å². The van der Waals surface area contributed by atoms with Crippen LogP contribution in [0.2, 0.25) is 10.0 Å². The van der Waals surface area contributed by atoms with Gasteiger partial charge in [-0.2, -0.15) is 0 Å². The van der Waals surface area contributed by atoms with Crippen molar-refractivity contribution in [2.75, 3.05) is 23.3 Å². The summed E-state index contributed by atoms with van der Waals surface area (Å²) >= 11 is 12.3. The van der Waals surface area contributed by atoms with Gasteiger partial charge in [0.15, 0.2) is 0 Å². The molecular weight excluding hydrogens is 507 g/mol. The summed E-state index contributed by atoms with van der Waals surface area (Å²) in [5, 5.41) is 3.38. The van der Waals surface area contributed by atoms with Crippen LogP contribution in [0, 0.1) is 6.92 Å². The molecule has 0 unspecified atom stereocenters. The van der Waals surface area contributed by atoms with E-state index in [1.165, 1.54) is 31.4 Å². The first-order valence-corrected chi connectivity index (χ1v) is 13.3. The Labute approximate surface area is 216 Å². The quantitative estimate of drug-likeness (QED) is 0.351. The summed E-state index contributed by atoms with van der Waals surface area (Å²) in [5.41, 5.74) is 3.59. The number of rotatable bonds is 9. The molecule has 0 aliphatic rings. The average molecular weight is 535 g/mol. The van der Waals surface area contributed by atoms with E-state index in [0.717, 1.165) is 33.8 Å². The maximum atomic E-state index is 13.9. The number of nitrogens with one attached hydrogen (secondary N) is 1. The number of hydrogen-bond acceptors (Lipinski definition) is 4. The first-order chi connectivity index (χ1) is 16.6. The zero-order valence-corrected chi connectivity index (χ0v) is 22.4. The van der Waals surface area contributed by atoms with Gasteiger partial charge in [0.1, 0.15) is 17.2 Å². The minimum Gasteiger partial charge on any atom is -0.495 e. The van der Waals surface area contributed by atoms with E-state index in [1.807, 2.05) is 32.0 Å². The van der Waals surface area contributed by atoms with Crippen LogP contribution < -0.4 is 14.4 Å². The zero-order valence-electron chi connectivity index (χ0n) is 20.1. The molecule has 0 heterocycles. The molecule has 0 aromatic heterocycles. The number of para-hydroxylation sites is 1. The number of amides is 1. The van der Waals surface area contributed by atoms with Gasteiger partial charge in [0, 0.05) is 5.69 Å². The van der Waals surface area contributed by atoms with E-state index in [2.05, 4.69) is 5.32 Å². The third-order valence-electron chi connectivity index (χ3n) is 5.63. The SMILES string of the molecule is CCc1cccc(CC)c1NC(=O)CN(c1ccc(Cl)c(Cl)c1)S(=O)(=O)c1cc(C)ccc1OC. The molecular formula is C26H28Cl2N2O4S. The van der Waals surface area contributed by atoms with Gasteiger partial charge in [0.05, 0.1) is 22.8 Å². The second kappa shape index (κ2) is 11.3. The van der Waals surface area contributed by atoms with E-state index in [1.54, 1.807) is 19.1 Å². The lowest BCUT2D eigenvalue weighted by molar-refractivity contribution is -0.114. The first kappa shape index (κ1) is 26.9. The van der Waals surface area contributed by atoms with Gasteiger partial charge in [-0.25, -0.2) is 8.42 Å². The van der Waals surface area contributed by atoms with Crippen molar-refractivity contribution in [3.8, 4) is 5.75 Å². The van der Waals surface area contributed by atoms with Gasteiger partial charge >= 0.3 is 0 Å². The highest BCUT2D eigenvalue weighted by Crippen LogP contribution is 2.34. The van der Waals surface area contributed by atoms with Gasteiger partial charge in [-0.05, 0) is 66.8 Å². The highest BCUT2D eigenvalue weighted by molar-refractivity contribution is 7.93. The number of halogens is 2. The number of carbonyl (C=O) groups is 1. The molecule has 3 aromatic rings. The number of nitrogens with zero attached hydrogens (tertiary/aromatic N) is 1. The molecule has 0 aliphatic heterocycles. The number of aryl methyl sites for hydroxylation is 3. The van der Waals surface area contributed by atoms with Crippen LogP contribution >= 0.6 is 23.2 Å². The second-order valence-corrected chi connectivity index (χ2v) is 10.6. The Kier molecular flexibility index (Phi) is 8.70. The molecule has 0 saturated carbocycles. The highest BCUT2D eigenvalue weighted by atomic mass is 35.5. The molecule has 0 saturated heterocycles. The lowest BCUT2D eigenvalue weighted by Crippen LogP contribution is -2.38. The zero-order chi connectivity index (χ0) is 25.8. The van der Waals surface area contributed by atoms with Crippen LogP contribution in [0.15, 0.2) is 59.5 Å². The molecule has 186 valence electrons. The number of anilines is 2. The number of methoxy groups -OCH3 is 1. The Morgan fingerprint density at radius 2 is 1.63 bits per heavy atom. The van der Waals surface area contributed by atoms with Crippen LogP contribution in [-0.2, 0) is 27.7 Å². The average Bonchev–Trinajstić information content (AvgIpc) is 2.84. The van der Waals surface area contributed by atoms with Gasteiger partial charge in [-0.15, -0.1) is 0 Å². The Balaban J connectivity index is 2.08. The number of benzene rings is 3. The second-order valence-electron chi connectivity index (χ2n) is 7.97. The summed E-state index contributed by atoms with van der Waals surface area (Å²) in [6.07, 6.45) is 1.44. The van der Waals surface area contributed by atoms with Gasteiger partial charge in [0.2, 0.25) is 5.91 Å². The molecule has 0 fully saturated rings. The third kappa shape index (κ3) is 5.92. The Bertz CT molecular complexity index is 1320. The molecule has 6 nitrogen and oxygen atoms in total. The van der Waals surface area contributed by atoms with Crippen molar-refractivity contribution in [3.63, 3.8) is 0 Å². The van der Waals surface area contributed by atoms with E-state index in [9.17, 15) is 13.2 Å². The minimum atomic E-state index is -4.22. The molecule has 9 heteroatoms. The van der Waals surface area contributed by atoms with E-state index in [-0.39, 0.29) is 26.4 Å². The minimum absolute atomic E-state index is 0.0536. The van der Waals surface area contributed by atoms with Crippen LogP contribution in [0.3, 0.4) is 0 Å². The fourth-order valence-electron chi connectivity index (χ4n) is 3.77. The molecule has 0 radical (unpaired) electrons. The van der Waals surface area contributed by atoms with Crippen molar-refractivity contribution in [1.82, 2.24) is 0 Å². The Morgan fingerprint density at radius 1 is 0.971 bits per heavy atom. The molecule has 1 N–H and O–H groups in total. The maximum Gasteiger partial charge on any atom is 0.268 e. The van der Waals surface area contributed by atoms with E-state index >= 15 is 0 Å². The van der Waals surface area contributed by atoms with E-state index < -0.39 is 22.5 Å². The van der Waals surface area contributed by atoms with Crippen LogP contribution in [0.25, 0.3) is 0 Å². The van der Waals surface area contributed by atoms with Crippen molar-refractivity contribution >= 4 is 50.5 Å². The lowest BCUT2D eigenvalue weighted by Gasteiger charge is -2.26. The smallest absolute Gasteiger partial charge is 0.268 e. The van der Waals surface area contributed by atoms with Crippen LogP contribution in [-0.4, -0.2) is 28.0 Å². The number of hydrogen-bond donors (Lipinski definition) is 1. The summed E-state index contributed by atoms with van der Waals surface area (Å²) in [4.78, 5) is 13.2. The summed E-state index contributed by atoms with van der Waals surface area (Å²) in [6, 6.07) is 15.1. The van der Waals surface area contributed by atoms with Crippen molar-refractivity contribution in [1.29, 1.82) is 0 Å². The molecule has 0 atom stereocenters. The van der Waals surface area contributed by atoms with Crippen LogP contribution in [0.4, 0.5) is 11.4 Å². The number of sulfonamides is 1. The monoisotopic (exact) mass is 534 g/mol.